The van der Waals surface area contributed by atoms with Gasteiger partial charge in [0.2, 0.25) is 11.8 Å². The van der Waals surface area contributed by atoms with E-state index in [-0.39, 0.29) is 17.3 Å². The molecule has 0 saturated carbocycles. The SMILES string of the molecule is Cc1ccc(-c2nn(CC(=O)Nc3cccc(C)c3)c(=S)o2)cc1. The zero-order valence-corrected chi connectivity index (χ0v) is 14.3. The van der Waals surface area contributed by atoms with E-state index >= 15 is 0 Å². The quantitative estimate of drug-likeness (QED) is 0.726. The Morgan fingerprint density at radius 2 is 1.92 bits per heavy atom. The molecule has 0 aliphatic carbocycles. The maximum absolute atomic E-state index is 12.2. The van der Waals surface area contributed by atoms with Crippen molar-refractivity contribution in [2.45, 2.75) is 20.4 Å². The fourth-order valence-electron chi connectivity index (χ4n) is 2.28. The molecular formula is C18H17N3O2S. The van der Waals surface area contributed by atoms with Crippen molar-refractivity contribution < 1.29 is 9.21 Å². The van der Waals surface area contributed by atoms with Crippen molar-refractivity contribution >= 4 is 23.8 Å². The summed E-state index contributed by atoms with van der Waals surface area (Å²) in [6, 6.07) is 15.4. The molecule has 2 aromatic carbocycles. The summed E-state index contributed by atoms with van der Waals surface area (Å²) in [5.74, 6) is 0.198. The van der Waals surface area contributed by atoms with Crippen LogP contribution in [0.2, 0.25) is 0 Å². The van der Waals surface area contributed by atoms with Gasteiger partial charge in [0, 0.05) is 11.3 Å². The van der Waals surface area contributed by atoms with E-state index < -0.39 is 0 Å². The van der Waals surface area contributed by atoms with Gasteiger partial charge in [0.25, 0.3) is 4.84 Å². The molecule has 0 aliphatic heterocycles. The fraction of sp³-hybridized carbons (Fsp3) is 0.167. The summed E-state index contributed by atoms with van der Waals surface area (Å²) >= 11 is 5.16. The van der Waals surface area contributed by atoms with Crippen LogP contribution in [0.5, 0.6) is 0 Å². The van der Waals surface area contributed by atoms with Crippen LogP contribution in [0.15, 0.2) is 52.9 Å². The molecule has 0 bridgehead atoms. The first-order valence-corrected chi connectivity index (χ1v) is 7.93. The number of hydrogen-bond donors (Lipinski definition) is 1. The number of nitrogens with one attached hydrogen (secondary N) is 1. The Labute approximate surface area is 144 Å². The van der Waals surface area contributed by atoms with Gasteiger partial charge in [-0.3, -0.25) is 4.79 Å². The third-order valence-corrected chi connectivity index (χ3v) is 3.79. The number of hydrogen-bond acceptors (Lipinski definition) is 4. The Bertz CT molecular complexity index is 926. The van der Waals surface area contributed by atoms with Gasteiger partial charge >= 0.3 is 0 Å². The molecule has 6 heteroatoms. The number of aromatic nitrogens is 2. The van der Waals surface area contributed by atoms with Gasteiger partial charge in [-0.1, -0.05) is 29.8 Å². The van der Waals surface area contributed by atoms with Crippen LogP contribution in [0.25, 0.3) is 11.5 Å². The number of aryl methyl sites for hydroxylation is 2. The molecule has 0 aliphatic rings. The summed E-state index contributed by atoms with van der Waals surface area (Å²) in [6.45, 7) is 3.98. The van der Waals surface area contributed by atoms with Gasteiger partial charge in [-0.2, -0.15) is 0 Å². The summed E-state index contributed by atoms with van der Waals surface area (Å²) < 4.78 is 6.88. The lowest BCUT2D eigenvalue weighted by molar-refractivity contribution is -0.117. The first-order chi connectivity index (χ1) is 11.5. The lowest BCUT2D eigenvalue weighted by Gasteiger charge is -2.05. The van der Waals surface area contributed by atoms with E-state index in [0.29, 0.717) is 5.89 Å². The van der Waals surface area contributed by atoms with E-state index in [1.807, 2.05) is 62.4 Å². The van der Waals surface area contributed by atoms with Crippen LogP contribution in [-0.2, 0) is 11.3 Å². The number of benzene rings is 2. The highest BCUT2D eigenvalue weighted by Gasteiger charge is 2.11. The Morgan fingerprint density at radius 1 is 1.17 bits per heavy atom. The van der Waals surface area contributed by atoms with Crippen LogP contribution in [-0.4, -0.2) is 15.7 Å². The second-order valence-electron chi connectivity index (χ2n) is 5.61. The minimum Gasteiger partial charge on any atom is -0.409 e. The van der Waals surface area contributed by atoms with E-state index in [2.05, 4.69) is 10.4 Å². The summed E-state index contributed by atoms with van der Waals surface area (Å²) in [5, 5.41) is 7.12. The number of carbonyl (C=O) groups is 1. The average molecular weight is 339 g/mol. The van der Waals surface area contributed by atoms with Crippen LogP contribution < -0.4 is 5.32 Å². The Balaban J connectivity index is 1.74. The van der Waals surface area contributed by atoms with Crippen LogP contribution in [0, 0.1) is 18.7 Å². The molecular weight excluding hydrogens is 322 g/mol. The van der Waals surface area contributed by atoms with Crippen LogP contribution >= 0.6 is 12.2 Å². The molecule has 1 N–H and O–H groups in total. The first kappa shape index (κ1) is 16.1. The van der Waals surface area contributed by atoms with Crippen molar-refractivity contribution in [1.82, 2.24) is 9.78 Å². The van der Waals surface area contributed by atoms with Gasteiger partial charge in [-0.25, -0.2) is 4.68 Å². The molecule has 1 aromatic heterocycles. The molecule has 5 nitrogen and oxygen atoms in total. The van der Waals surface area contributed by atoms with E-state index in [1.54, 1.807) is 0 Å². The van der Waals surface area contributed by atoms with Crippen molar-refractivity contribution in [3.05, 3.63) is 64.5 Å². The number of nitrogens with zero attached hydrogens (tertiary/aromatic N) is 2. The predicted octanol–water partition coefficient (Wildman–Crippen LogP) is 4.13. The second-order valence-corrected chi connectivity index (χ2v) is 5.96. The lowest BCUT2D eigenvalue weighted by atomic mass is 10.1. The van der Waals surface area contributed by atoms with Gasteiger partial charge in [0.1, 0.15) is 6.54 Å². The van der Waals surface area contributed by atoms with Gasteiger partial charge in [-0.05, 0) is 55.9 Å². The third kappa shape index (κ3) is 3.78. The fourth-order valence-corrected chi connectivity index (χ4v) is 2.46. The topological polar surface area (TPSA) is 60.1 Å². The first-order valence-electron chi connectivity index (χ1n) is 7.53. The summed E-state index contributed by atoms with van der Waals surface area (Å²) in [6.07, 6.45) is 0. The average Bonchev–Trinajstić information content (AvgIpc) is 2.89. The predicted molar refractivity (Wildman–Crippen MR) is 95.3 cm³/mol. The maximum Gasteiger partial charge on any atom is 0.287 e. The minimum atomic E-state index is -0.208. The van der Waals surface area contributed by atoms with Crippen molar-refractivity contribution in [3.8, 4) is 11.5 Å². The number of anilines is 1. The molecule has 1 heterocycles. The highest BCUT2D eigenvalue weighted by molar-refractivity contribution is 7.71. The summed E-state index contributed by atoms with van der Waals surface area (Å²) in [5.41, 5.74) is 3.79. The molecule has 0 unspecified atom stereocenters. The molecule has 24 heavy (non-hydrogen) atoms. The third-order valence-electron chi connectivity index (χ3n) is 3.50. The van der Waals surface area contributed by atoms with E-state index in [0.717, 1.165) is 22.4 Å². The Kier molecular flexibility index (Phi) is 4.57. The van der Waals surface area contributed by atoms with E-state index in [9.17, 15) is 4.79 Å². The van der Waals surface area contributed by atoms with Gasteiger partial charge < -0.3 is 9.73 Å². The molecule has 0 radical (unpaired) electrons. The lowest BCUT2D eigenvalue weighted by Crippen LogP contribution is -2.19. The largest absolute Gasteiger partial charge is 0.409 e. The molecule has 0 saturated heterocycles. The van der Waals surface area contributed by atoms with Crippen molar-refractivity contribution in [1.29, 1.82) is 0 Å². The standard InChI is InChI=1S/C18H17N3O2S/c1-12-6-8-14(9-7-12)17-20-21(18(24)23-17)11-16(22)19-15-5-3-4-13(2)10-15/h3-10H,11H2,1-2H3,(H,19,22). The maximum atomic E-state index is 12.2. The number of amides is 1. The molecule has 122 valence electrons. The van der Waals surface area contributed by atoms with Gasteiger partial charge in [-0.15, -0.1) is 5.10 Å². The molecule has 0 atom stereocenters. The highest BCUT2D eigenvalue weighted by Crippen LogP contribution is 2.18. The van der Waals surface area contributed by atoms with Crippen molar-refractivity contribution in [3.63, 3.8) is 0 Å². The normalized spacial score (nSPS) is 10.6. The summed E-state index contributed by atoms with van der Waals surface area (Å²) in [4.78, 5) is 12.3. The smallest absolute Gasteiger partial charge is 0.287 e. The van der Waals surface area contributed by atoms with Crippen molar-refractivity contribution in [2.75, 3.05) is 5.32 Å². The minimum absolute atomic E-state index is 0.00212. The van der Waals surface area contributed by atoms with Gasteiger partial charge in [0.05, 0.1) is 0 Å². The zero-order valence-electron chi connectivity index (χ0n) is 13.4. The molecule has 0 spiro atoms. The van der Waals surface area contributed by atoms with Gasteiger partial charge in [0.15, 0.2) is 0 Å². The monoisotopic (exact) mass is 339 g/mol. The highest BCUT2D eigenvalue weighted by atomic mass is 32.1. The molecule has 3 rings (SSSR count). The Morgan fingerprint density at radius 3 is 2.62 bits per heavy atom. The van der Waals surface area contributed by atoms with E-state index in [4.69, 9.17) is 16.6 Å². The molecule has 1 amide bonds. The zero-order chi connectivity index (χ0) is 17.1. The number of rotatable bonds is 4. The van der Waals surface area contributed by atoms with Crippen molar-refractivity contribution in [2.24, 2.45) is 0 Å². The second kappa shape index (κ2) is 6.80. The van der Waals surface area contributed by atoms with Crippen LogP contribution in [0.3, 0.4) is 0 Å². The molecule has 0 fully saturated rings. The summed E-state index contributed by atoms with van der Waals surface area (Å²) in [7, 11) is 0. The molecule has 3 aromatic rings. The Hall–Kier alpha value is -2.73. The van der Waals surface area contributed by atoms with Crippen LogP contribution in [0.4, 0.5) is 5.69 Å². The van der Waals surface area contributed by atoms with E-state index in [1.165, 1.54) is 4.68 Å². The number of carbonyl (C=O) groups excluding carboxylic acids is 1. The van der Waals surface area contributed by atoms with Crippen LogP contribution in [0.1, 0.15) is 11.1 Å².